The van der Waals surface area contributed by atoms with E-state index in [9.17, 15) is 9.18 Å². The molecule has 0 fully saturated rings. The van der Waals surface area contributed by atoms with Gasteiger partial charge in [-0.15, -0.1) is 11.6 Å². The molecule has 4 heteroatoms. The Morgan fingerprint density at radius 3 is 2.62 bits per heavy atom. The van der Waals surface area contributed by atoms with Gasteiger partial charge < -0.3 is 0 Å². The molecule has 0 saturated heterocycles. The van der Waals surface area contributed by atoms with Crippen molar-refractivity contribution in [3.8, 4) is 0 Å². The number of hydrogen-bond donors (Lipinski definition) is 0. The molecule has 0 amide bonds. The Balaban J connectivity index is 3.09. The highest BCUT2D eigenvalue weighted by Crippen LogP contribution is 2.17. The number of halogens is 3. The van der Waals surface area contributed by atoms with Crippen LogP contribution in [0, 0.1) is 5.82 Å². The summed E-state index contributed by atoms with van der Waals surface area (Å²) in [5.41, 5.74) is -0.0214. The molecular formula is C9H7Cl2FO. The van der Waals surface area contributed by atoms with Crippen LogP contribution in [0.1, 0.15) is 17.3 Å². The van der Waals surface area contributed by atoms with Crippen molar-refractivity contribution in [3.05, 3.63) is 34.6 Å². The molecule has 0 N–H and O–H groups in total. The van der Waals surface area contributed by atoms with Crippen molar-refractivity contribution in [1.29, 1.82) is 0 Å². The van der Waals surface area contributed by atoms with E-state index < -0.39 is 17.0 Å². The minimum atomic E-state index is -0.726. The van der Waals surface area contributed by atoms with E-state index in [4.69, 9.17) is 23.2 Å². The van der Waals surface area contributed by atoms with Crippen LogP contribution in [0.4, 0.5) is 4.39 Å². The topological polar surface area (TPSA) is 17.1 Å². The number of hydrogen-bond acceptors (Lipinski definition) is 1. The van der Waals surface area contributed by atoms with E-state index in [-0.39, 0.29) is 10.6 Å². The van der Waals surface area contributed by atoms with E-state index in [0.717, 1.165) is 6.07 Å². The van der Waals surface area contributed by atoms with Crippen LogP contribution in [0.5, 0.6) is 0 Å². The normalized spacial score (nSPS) is 12.6. The molecule has 0 aliphatic rings. The summed E-state index contributed by atoms with van der Waals surface area (Å²) >= 11 is 11.0. The maximum atomic E-state index is 13.1. The summed E-state index contributed by atoms with van der Waals surface area (Å²) in [4.78, 5) is 11.3. The summed E-state index contributed by atoms with van der Waals surface area (Å²) in [5.74, 6) is -1.07. The zero-order chi connectivity index (χ0) is 10.0. The molecule has 1 rings (SSSR count). The van der Waals surface area contributed by atoms with Crippen LogP contribution in [0.2, 0.25) is 5.02 Å². The van der Waals surface area contributed by atoms with E-state index in [2.05, 4.69) is 0 Å². The summed E-state index contributed by atoms with van der Waals surface area (Å²) in [7, 11) is 0. The highest BCUT2D eigenvalue weighted by molar-refractivity contribution is 6.34. The zero-order valence-corrected chi connectivity index (χ0v) is 8.36. The van der Waals surface area contributed by atoms with Crippen LogP contribution < -0.4 is 0 Å². The van der Waals surface area contributed by atoms with E-state index in [1.807, 2.05) is 0 Å². The van der Waals surface area contributed by atoms with Crippen molar-refractivity contribution in [3.63, 3.8) is 0 Å². The summed E-state index contributed by atoms with van der Waals surface area (Å²) < 4.78 is 13.1. The highest BCUT2D eigenvalue weighted by atomic mass is 35.5. The maximum Gasteiger partial charge on any atom is 0.183 e. The van der Waals surface area contributed by atoms with Crippen LogP contribution in [-0.2, 0) is 0 Å². The van der Waals surface area contributed by atoms with Crippen molar-refractivity contribution < 1.29 is 9.18 Å². The SMILES string of the molecule is CC(Cl)C(=O)c1ccc(Cl)cc1F. The van der Waals surface area contributed by atoms with Crippen LogP contribution in [0.3, 0.4) is 0 Å². The predicted octanol–water partition coefficient (Wildman–Crippen LogP) is 3.29. The molecule has 0 radical (unpaired) electrons. The van der Waals surface area contributed by atoms with Gasteiger partial charge >= 0.3 is 0 Å². The lowest BCUT2D eigenvalue weighted by Crippen LogP contribution is -2.12. The van der Waals surface area contributed by atoms with Crippen LogP contribution in [0.15, 0.2) is 18.2 Å². The predicted molar refractivity (Wildman–Crippen MR) is 51.1 cm³/mol. The average Bonchev–Trinajstić information content (AvgIpc) is 2.03. The second-order valence-electron chi connectivity index (χ2n) is 2.60. The lowest BCUT2D eigenvalue weighted by Gasteiger charge is -2.03. The molecule has 0 bridgehead atoms. The van der Waals surface area contributed by atoms with Gasteiger partial charge in [0, 0.05) is 5.02 Å². The largest absolute Gasteiger partial charge is 0.292 e. The van der Waals surface area contributed by atoms with Crippen LogP contribution >= 0.6 is 23.2 Å². The summed E-state index contributed by atoms with van der Waals surface area (Å²) in [6.07, 6.45) is 0. The highest BCUT2D eigenvalue weighted by Gasteiger charge is 2.16. The quantitative estimate of drug-likeness (QED) is 0.553. The monoisotopic (exact) mass is 220 g/mol. The molecular weight excluding hydrogens is 214 g/mol. The number of benzene rings is 1. The first-order valence-electron chi connectivity index (χ1n) is 3.65. The zero-order valence-electron chi connectivity index (χ0n) is 6.85. The second kappa shape index (κ2) is 4.07. The van der Waals surface area contributed by atoms with E-state index in [0.29, 0.717) is 0 Å². The molecule has 13 heavy (non-hydrogen) atoms. The maximum absolute atomic E-state index is 13.1. The number of ketones is 1. The van der Waals surface area contributed by atoms with Gasteiger partial charge in [-0.1, -0.05) is 11.6 Å². The van der Waals surface area contributed by atoms with Gasteiger partial charge in [-0.2, -0.15) is 0 Å². The third-order valence-corrected chi connectivity index (χ3v) is 1.99. The Bertz CT molecular complexity index is 336. The van der Waals surface area contributed by atoms with Crippen LogP contribution in [0.25, 0.3) is 0 Å². The molecule has 70 valence electrons. The van der Waals surface area contributed by atoms with Crippen molar-refractivity contribution in [2.75, 3.05) is 0 Å². The molecule has 1 unspecified atom stereocenters. The van der Waals surface area contributed by atoms with Crippen molar-refractivity contribution in [1.82, 2.24) is 0 Å². The molecule has 0 aromatic heterocycles. The lowest BCUT2D eigenvalue weighted by molar-refractivity contribution is 0.0988. The molecule has 1 atom stereocenters. The average molecular weight is 221 g/mol. The van der Waals surface area contributed by atoms with Gasteiger partial charge in [-0.05, 0) is 25.1 Å². The molecule has 1 nitrogen and oxygen atoms in total. The first-order chi connectivity index (χ1) is 6.02. The molecule has 0 saturated carbocycles. The Kier molecular flexibility index (Phi) is 3.28. The van der Waals surface area contributed by atoms with E-state index >= 15 is 0 Å². The summed E-state index contributed by atoms with van der Waals surface area (Å²) in [5, 5.41) is -0.466. The first-order valence-corrected chi connectivity index (χ1v) is 4.47. The minimum absolute atomic E-state index is 0.0214. The smallest absolute Gasteiger partial charge is 0.183 e. The molecule has 1 aromatic rings. The standard InChI is InChI=1S/C9H7Cl2FO/c1-5(10)9(13)7-3-2-6(11)4-8(7)12/h2-5H,1H3. The van der Waals surface area contributed by atoms with Gasteiger partial charge in [0.05, 0.1) is 10.9 Å². The number of rotatable bonds is 2. The van der Waals surface area contributed by atoms with E-state index in [1.54, 1.807) is 0 Å². The molecule has 0 spiro atoms. The third kappa shape index (κ3) is 2.42. The Morgan fingerprint density at radius 1 is 1.54 bits per heavy atom. The lowest BCUT2D eigenvalue weighted by atomic mass is 10.1. The minimum Gasteiger partial charge on any atom is -0.292 e. The summed E-state index contributed by atoms with van der Waals surface area (Å²) in [6.45, 7) is 1.50. The number of carbonyl (C=O) groups excluding carboxylic acids is 1. The number of Topliss-reactive ketones (excluding diaryl/α,β-unsaturated/α-hetero) is 1. The number of alkyl halides is 1. The van der Waals surface area contributed by atoms with Crippen molar-refractivity contribution in [2.24, 2.45) is 0 Å². The van der Waals surface area contributed by atoms with Gasteiger partial charge in [-0.25, -0.2) is 4.39 Å². The molecule has 0 aliphatic heterocycles. The van der Waals surface area contributed by atoms with Gasteiger partial charge in [0.1, 0.15) is 5.82 Å². The number of carbonyl (C=O) groups is 1. The van der Waals surface area contributed by atoms with Gasteiger partial charge in [-0.3, -0.25) is 4.79 Å². The fraction of sp³-hybridized carbons (Fsp3) is 0.222. The van der Waals surface area contributed by atoms with Crippen molar-refractivity contribution in [2.45, 2.75) is 12.3 Å². The molecule has 0 heterocycles. The third-order valence-electron chi connectivity index (χ3n) is 1.56. The fourth-order valence-corrected chi connectivity index (χ4v) is 1.18. The molecule has 1 aromatic carbocycles. The van der Waals surface area contributed by atoms with Gasteiger partial charge in [0.15, 0.2) is 5.78 Å². The first kappa shape index (κ1) is 10.5. The Morgan fingerprint density at radius 2 is 2.15 bits per heavy atom. The fourth-order valence-electron chi connectivity index (χ4n) is 0.904. The van der Waals surface area contributed by atoms with Gasteiger partial charge in [0.2, 0.25) is 0 Å². The van der Waals surface area contributed by atoms with E-state index in [1.165, 1.54) is 19.1 Å². The second-order valence-corrected chi connectivity index (χ2v) is 3.70. The van der Waals surface area contributed by atoms with Crippen LogP contribution in [-0.4, -0.2) is 11.2 Å². The summed E-state index contributed by atoms with van der Waals surface area (Å²) in [6, 6.07) is 3.88. The Labute approximate surface area is 85.5 Å². The Hall–Kier alpha value is -0.600. The van der Waals surface area contributed by atoms with Gasteiger partial charge in [0.25, 0.3) is 0 Å². The molecule has 0 aliphatic carbocycles. The van der Waals surface area contributed by atoms with Crippen molar-refractivity contribution >= 4 is 29.0 Å².